The maximum atomic E-state index is 14.6. The molecule has 0 radical (unpaired) electrons. The van der Waals surface area contributed by atoms with Gasteiger partial charge >= 0.3 is 12.0 Å². The van der Waals surface area contributed by atoms with Crippen molar-refractivity contribution in [3.05, 3.63) is 70.8 Å². The van der Waals surface area contributed by atoms with Crippen LogP contribution in [0.4, 0.5) is 4.79 Å². The number of thiazole rings is 1. The van der Waals surface area contributed by atoms with Gasteiger partial charge in [-0.15, -0.1) is 11.3 Å². The van der Waals surface area contributed by atoms with Crippen molar-refractivity contribution in [1.82, 2.24) is 45.4 Å². The fourth-order valence-electron chi connectivity index (χ4n) is 9.26. The number of hydrogen-bond acceptors (Lipinski definition) is 11. The zero-order chi connectivity index (χ0) is 46.7. The van der Waals surface area contributed by atoms with Crippen molar-refractivity contribution >= 4 is 119 Å². The first-order valence-corrected chi connectivity index (χ1v) is 23.5. The number of pyridine rings is 1. The number of hydrogen-bond donors (Lipinski definition) is 3. The fraction of sp³-hybridized carbons (Fsp3) is 0.521. The molecule has 3 aliphatic rings. The summed E-state index contributed by atoms with van der Waals surface area (Å²) >= 11 is 1.40. The van der Waals surface area contributed by atoms with E-state index in [-0.39, 0.29) is 117 Å². The Morgan fingerprint density at radius 3 is 2.46 bits per heavy atom. The number of aryl methyl sites for hydroxylation is 1. The van der Waals surface area contributed by atoms with E-state index in [1.807, 2.05) is 32.2 Å². The lowest BCUT2D eigenvalue weighted by Crippen LogP contribution is -2.64. The molecule has 2 saturated heterocycles. The molecule has 3 aromatic heterocycles. The number of esters is 1. The second kappa shape index (κ2) is 26.7. The molecule has 16 nitrogen and oxygen atoms in total. The third-order valence-corrected chi connectivity index (χ3v) is 13.7. The van der Waals surface area contributed by atoms with Crippen LogP contribution in [0.5, 0.6) is 0 Å². The summed E-state index contributed by atoms with van der Waals surface area (Å²) in [5.74, 6) is -2.03. The van der Waals surface area contributed by atoms with Crippen LogP contribution in [0.2, 0.25) is 0 Å². The number of benzene rings is 1. The minimum Gasteiger partial charge on any atom is -0.464 e. The average Bonchev–Trinajstić information content (AvgIpc) is 3.88. The monoisotopic (exact) mass is 1080 g/mol. The quantitative estimate of drug-likeness (QED) is 0.115. The summed E-state index contributed by atoms with van der Waals surface area (Å²) < 4.78 is 14.2. The number of rotatable bonds is 11. The Balaban J connectivity index is 0.00000336. The molecule has 0 aliphatic carbocycles. The summed E-state index contributed by atoms with van der Waals surface area (Å²) in [7, 11) is 3.27. The van der Waals surface area contributed by atoms with Gasteiger partial charge in [-0.2, -0.15) is 67.5 Å². The van der Waals surface area contributed by atoms with Gasteiger partial charge in [0.2, 0.25) is 11.8 Å². The molecule has 4 aromatic rings. The lowest BCUT2D eigenvalue weighted by atomic mass is 9.84. The van der Waals surface area contributed by atoms with Gasteiger partial charge < -0.3 is 34.5 Å². The Morgan fingerprint density at radius 1 is 1.09 bits per heavy atom. The highest BCUT2D eigenvalue weighted by Crippen LogP contribution is 2.42. The van der Waals surface area contributed by atoms with Crippen LogP contribution in [-0.2, 0) is 48.0 Å². The number of aromatic nitrogens is 3. The number of carbonyl (C=O) groups excluding carboxylic acids is 5. The zero-order valence-electron chi connectivity index (χ0n) is 41.3. The zero-order valence-corrected chi connectivity index (χ0v) is 47.1. The smallest absolute Gasteiger partial charge is 0.324 e. The molecule has 5 atom stereocenters. The van der Waals surface area contributed by atoms with Crippen molar-refractivity contribution in [3.63, 3.8) is 0 Å². The van der Waals surface area contributed by atoms with Gasteiger partial charge in [-0.3, -0.25) is 29.2 Å². The molecule has 0 unspecified atom stereocenters. The molecule has 7 rings (SSSR count). The first kappa shape index (κ1) is 62.2. The fourth-order valence-corrected chi connectivity index (χ4v) is 10.1. The summed E-state index contributed by atoms with van der Waals surface area (Å²) in [6, 6.07) is 7.02. The van der Waals surface area contributed by atoms with Crippen molar-refractivity contribution in [2.75, 3.05) is 40.4 Å². The van der Waals surface area contributed by atoms with E-state index in [1.54, 1.807) is 25.3 Å². The largest absolute Gasteiger partial charge is 0.464 e. The van der Waals surface area contributed by atoms with E-state index in [0.29, 0.717) is 50.3 Å². The van der Waals surface area contributed by atoms with Crippen molar-refractivity contribution in [2.45, 2.75) is 110 Å². The number of likely N-dealkylation sites (N-methyl/N-ethyl adjacent to an activating group) is 1. The summed E-state index contributed by atoms with van der Waals surface area (Å²) in [5, 5.41) is 10.8. The number of ether oxygens (including phenoxy) is 2. The standard InChI is InChI=1S/C48H63N9O7S.5H2S/c1-10-39(58)50-25-31-18-21-56(31)47(62)54(8)42(28(3)4)44(59)52-36-23-40-51-37(26-65-40)30-16-17-38-33(22-30)34(43(55(38)11-2)32-14-12-19-49-41(32)29(5)63-9)24-48(6,7)27-64-46(61)35-15-13-20-57(53-35)45(36)60;;;;;/h10,12,14,16-17,19,22,26,28-29,31,35-36,42,53H,1,11,13,15,18,20-21,23-25,27H2,2-9H3,(H,50,58)(H,52,59);5*1H2/t29-,31-,35-,36-,42-;;;;;/m0...../s1. The summed E-state index contributed by atoms with van der Waals surface area (Å²) in [5.41, 5.74) is 9.24. The Kier molecular flexibility index (Phi) is 23.7. The molecule has 70 heavy (non-hydrogen) atoms. The lowest BCUT2D eigenvalue weighted by Gasteiger charge is -2.44. The Labute approximate surface area is 451 Å². The lowest BCUT2D eigenvalue weighted by molar-refractivity contribution is -0.155. The number of nitrogens with zero attached hydrogens (tertiary/aromatic N) is 6. The minimum atomic E-state index is -1.09. The van der Waals surface area contributed by atoms with Gasteiger partial charge in [-0.05, 0) is 81.4 Å². The Morgan fingerprint density at radius 2 is 1.81 bits per heavy atom. The molecule has 388 valence electrons. The molecule has 6 heterocycles. The number of amides is 5. The molecular weight excluding hydrogens is 1010 g/mol. The molecule has 3 N–H and O–H groups in total. The van der Waals surface area contributed by atoms with Gasteiger partial charge in [0.15, 0.2) is 0 Å². The SMILES string of the molecule is C=CC(=O)NC[C@@H]1CCN1C(=O)N(C)[C@H](C(=O)N[C@H]1Cc2nc(cs2)-c2ccc3c(c2)c(c(-c2cccnc2[C@H](C)OC)n3CC)CC(C)(C)COC(=O)[C@@H]2CCCN(N2)C1=O)C(C)C.S.S.S.S.S. The normalized spacial score (nSPS) is 19.4. The minimum absolute atomic E-state index is 0. The molecule has 22 heteroatoms. The summed E-state index contributed by atoms with van der Waals surface area (Å²) in [4.78, 5) is 81.5. The van der Waals surface area contributed by atoms with Crippen LogP contribution in [0.15, 0.2) is 54.6 Å². The topological polar surface area (TPSA) is 180 Å². The first-order valence-electron chi connectivity index (χ1n) is 22.6. The molecule has 0 spiro atoms. The van der Waals surface area contributed by atoms with Crippen molar-refractivity contribution < 1.29 is 33.4 Å². The van der Waals surface area contributed by atoms with Crippen molar-refractivity contribution in [2.24, 2.45) is 11.3 Å². The van der Waals surface area contributed by atoms with Gasteiger partial charge in [-0.25, -0.2) is 15.2 Å². The van der Waals surface area contributed by atoms with Gasteiger partial charge in [0, 0.05) is 85.8 Å². The highest BCUT2D eigenvalue weighted by molar-refractivity contribution is 7.60. The van der Waals surface area contributed by atoms with Gasteiger partial charge in [0.25, 0.3) is 5.91 Å². The van der Waals surface area contributed by atoms with Gasteiger partial charge in [-0.1, -0.05) is 40.3 Å². The third-order valence-electron chi connectivity index (χ3n) is 12.9. The second-order valence-corrected chi connectivity index (χ2v) is 19.4. The van der Waals surface area contributed by atoms with Crippen molar-refractivity contribution in [3.8, 4) is 22.5 Å². The molecular formula is C48H73N9O7S6. The van der Waals surface area contributed by atoms with E-state index >= 15 is 0 Å². The molecule has 6 bridgehead atoms. The van der Waals surface area contributed by atoms with Crippen LogP contribution in [0, 0.1) is 11.3 Å². The maximum Gasteiger partial charge on any atom is 0.324 e. The van der Waals surface area contributed by atoms with E-state index in [9.17, 15) is 24.0 Å². The number of cyclic esters (lactones) is 1. The molecule has 3 aliphatic heterocycles. The van der Waals surface area contributed by atoms with E-state index in [0.717, 1.165) is 44.7 Å². The van der Waals surface area contributed by atoms with Crippen LogP contribution in [0.1, 0.15) is 83.2 Å². The summed E-state index contributed by atoms with van der Waals surface area (Å²) in [6.07, 6.45) is 5.07. The van der Waals surface area contributed by atoms with Crippen LogP contribution < -0.4 is 16.1 Å². The van der Waals surface area contributed by atoms with E-state index < -0.39 is 41.3 Å². The molecule has 1 aromatic carbocycles. The van der Waals surface area contributed by atoms with E-state index in [2.05, 4.69) is 72.2 Å². The van der Waals surface area contributed by atoms with Gasteiger partial charge in [0.1, 0.15) is 18.1 Å². The number of fused-ring (bicyclic) bond motifs is 6. The number of urea groups is 1. The van der Waals surface area contributed by atoms with E-state index in [1.165, 1.54) is 27.3 Å². The maximum absolute atomic E-state index is 14.6. The second-order valence-electron chi connectivity index (χ2n) is 18.4. The van der Waals surface area contributed by atoms with Crippen LogP contribution in [0.3, 0.4) is 0 Å². The number of likely N-dealkylation sites (tertiary alicyclic amines) is 1. The number of carbonyl (C=O) groups is 5. The summed E-state index contributed by atoms with van der Waals surface area (Å²) in [6.45, 7) is 17.4. The number of nitrogens with one attached hydrogen (secondary N) is 3. The first-order chi connectivity index (χ1) is 31.0. The molecule has 5 amide bonds. The van der Waals surface area contributed by atoms with Crippen LogP contribution in [0.25, 0.3) is 33.4 Å². The average molecular weight is 1080 g/mol. The number of methoxy groups -OCH3 is 1. The van der Waals surface area contributed by atoms with E-state index in [4.69, 9.17) is 19.4 Å². The van der Waals surface area contributed by atoms with Crippen LogP contribution in [-0.4, -0.2) is 124 Å². The van der Waals surface area contributed by atoms with Crippen molar-refractivity contribution in [1.29, 1.82) is 0 Å². The molecule has 2 fully saturated rings. The Hall–Kier alpha value is -3.90. The highest BCUT2D eigenvalue weighted by Gasteiger charge is 2.41. The third kappa shape index (κ3) is 13.4. The highest BCUT2D eigenvalue weighted by atomic mass is 32.1. The van der Waals surface area contributed by atoms with Gasteiger partial charge in [0.05, 0.1) is 40.8 Å². The number of hydrazine groups is 1. The predicted octanol–water partition coefficient (Wildman–Crippen LogP) is 6.22. The van der Waals surface area contributed by atoms with Crippen LogP contribution >= 0.6 is 78.8 Å². The predicted molar refractivity (Wildman–Crippen MR) is 301 cm³/mol. The molecule has 0 saturated carbocycles. The Bertz CT molecular complexity index is 2470.